The van der Waals surface area contributed by atoms with Crippen LogP contribution in [0.25, 0.3) is 0 Å². The van der Waals surface area contributed by atoms with E-state index in [0.29, 0.717) is 0 Å². The van der Waals surface area contributed by atoms with E-state index in [4.69, 9.17) is 5.84 Å². The second-order valence-corrected chi connectivity index (χ2v) is 3.86. The standard InChI is InChI=1S/C6H10N2O.C5H10.Fe/c7-8-6(9)5-3-1-2-4-5;1-2-4-5-3-1;/h3H,1-2,4,7H2,(H,8,9);1-5H2;. The molecule has 1 amide bonds. The van der Waals surface area contributed by atoms with Crippen LogP contribution in [0, 0.1) is 12.3 Å². The zero-order chi connectivity index (χ0) is 10.2. The Hall–Kier alpha value is -0.0505. The fourth-order valence-electron chi connectivity index (χ4n) is 1.85. The normalized spacial score (nSPS) is 20.1. The zero-order valence-corrected chi connectivity index (χ0v) is 10.2. The predicted molar refractivity (Wildman–Crippen MR) is 56.8 cm³/mol. The molecule has 0 spiro atoms. The number of hydrogen-bond donors (Lipinski definition) is 2. The predicted octanol–water partition coefficient (Wildman–Crippen LogP) is 1.89. The van der Waals surface area contributed by atoms with Crippen LogP contribution in [0.4, 0.5) is 0 Å². The molecule has 0 unspecified atom stereocenters. The minimum Gasteiger partial charge on any atom is -0.294 e. The van der Waals surface area contributed by atoms with Crippen LogP contribution in [0.3, 0.4) is 0 Å². The first-order valence-corrected chi connectivity index (χ1v) is 5.54. The Morgan fingerprint density at radius 3 is 2.00 bits per heavy atom. The molecule has 2 saturated carbocycles. The number of hydrogen-bond acceptors (Lipinski definition) is 2. The van der Waals surface area contributed by atoms with Crippen LogP contribution < -0.4 is 11.3 Å². The van der Waals surface area contributed by atoms with E-state index < -0.39 is 0 Å². The average molecular weight is 252 g/mol. The Labute approximate surface area is 103 Å². The molecule has 3 N–H and O–H groups in total. The van der Waals surface area contributed by atoms with Crippen molar-refractivity contribution in [3.63, 3.8) is 0 Å². The summed E-state index contributed by atoms with van der Waals surface area (Å²) in [5.74, 6) is 5.61. The maximum Gasteiger partial charge on any atom is 0.241 e. The van der Waals surface area contributed by atoms with Gasteiger partial charge in [-0.05, 0) is 19.3 Å². The van der Waals surface area contributed by atoms with Gasteiger partial charge in [0.05, 0.1) is 5.92 Å². The quantitative estimate of drug-likeness (QED) is 0.324. The Bertz CT molecular complexity index is 158. The molecular weight excluding hydrogens is 232 g/mol. The third-order valence-corrected chi connectivity index (χ3v) is 2.71. The minimum atomic E-state index is -0.132. The minimum absolute atomic E-state index is 0. The van der Waals surface area contributed by atoms with E-state index in [-0.39, 0.29) is 23.0 Å². The number of rotatable bonds is 1. The van der Waals surface area contributed by atoms with Gasteiger partial charge in [0, 0.05) is 17.1 Å². The van der Waals surface area contributed by atoms with E-state index in [1.54, 1.807) is 0 Å². The topological polar surface area (TPSA) is 55.1 Å². The second-order valence-electron chi connectivity index (χ2n) is 3.86. The van der Waals surface area contributed by atoms with Gasteiger partial charge in [0.2, 0.25) is 5.91 Å². The third kappa shape index (κ3) is 6.18. The van der Waals surface area contributed by atoms with E-state index >= 15 is 0 Å². The summed E-state index contributed by atoms with van der Waals surface area (Å²) in [6.45, 7) is 0. The molecule has 0 aliphatic heterocycles. The number of hydrazine groups is 1. The van der Waals surface area contributed by atoms with Crippen LogP contribution in [0.5, 0.6) is 0 Å². The van der Waals surface area contributed by atoms with Crippen molar-refractivity contribution in [3.8, 4) is 0 Å². The van der Waals surface area contributed by atoms with Gasteiger partial charge in [-0.25, -0.2) is 5.84 Å². The summed E-state index contributed by atoms with van der Waals surface area (Å²) in [6.07, 6.45) is 12.4. The van der Waals surface area contributed by atoms with Crippen molar-refractivity contribution >= 4 is 5.91 Å². The van der Waals surface area contributed by atoms with Gasteiger partial charge in [-0.1, -0.05) is 38.5 Å². The van der Waals surface area contributed by atoms with Crippen LogP contribution in [-0.2, 0) is 21.9 Å². The Balaban J connectivity index is 0.000000280. The van der Waals surface area contributed by atoms with Crippen LogP contribution in [0.15, 0.2) is 0 Å². The fraction of sp³-hybridized carbons (Fsp3) is 0.727. The molecule has 3 nitrogen and oxygen atoms in total. The molecule has 88 valence electrons. The van der Waals surface area contributed by atoms with E-state index in [2.05, 4.69) is 5.43 Å². The molecule has 2 aliphatic carbocycles. The molecule has 4 heteroatoms. The van der Waals surface area contributed by atoms with Gasteiger partial charge >= 0.3 is 0 Å². The number of carbonyl (C=O) groups excluding carboxylic acids is 1. The van der Waals surface area contributed by atoms with Crippen LogP contribution in [0.1, 0.15) is 51.4 Å². The Kier molecular flexibility index (Phi) is 9.16. The summed E-state index contributed by atoms with van der Waals surface area (Å²) < 4.78 is 0. The smallest absolute Gasteiger partial charge is 0.241 e. The largest absolute Gasteiger partial charge is 0.294 e. The maximum atomic E-state index is 10.7. The average Bonchev–Trinajstić information content (AvgIpc) is 2.91. The molecule has 0 atom stereocenters. The molecule has 2 radical (unpaired) electrons. The van der Waals surface area contributed by atoms with E-state index in [9.17, 15) is 4.79 Å². The van der Waals surface area contributed by atoms with Gasteiger partial charge in [0.1, 0.15) is 0 Å². The van der Waals surface area contributed by atoms with Crippen LogP contribution in [-0.4, -0.2) is 5.91 Å². The monoisotopic (exact) mass is 252 g/mol. The third-order valence-electron chi connectivity index (χ3n) is 2.71. The van der Waals surface area contributed by atoms with Crippen molar-refractivity contribution in [3.05, 3.63) is 12.3 Å². The van der Waals surface area contributed by atoms with Crippen molar-refractivity contribution in [1.82, 2.24) is 5.43 Å². The summed E-state index contributed by atoms with van der Waals surface area (Å²) in [4.78, 5) is 10.7. The summed E-state index contributed by atoms with van der Waals surface area (Å²) in [5, 5.41) is 0. The molecule has 2 aliphatic rings. The Morgan fingerprint density at radius 2 is 1.67 bits per heavy atom. The van der Waals surface area contributed by atoms with E-state index in [0.717, 1.165) is 25.2 Å². The van der Waals surface area contributed by atoms with Crippen LogP contribution in [0.2, 0.25) is 0 Å². The molecule has 0 aromatic rings. The molecule has 0 heterocycles. The summed E-state index contributed by atoms with van der Waals surface area (Å²) in [7, 11) is 0. The van der Waals surface area contributed by atoms with Gasteiger partial charge in [-0.3, -0.25) is 10.2 Å². The molecule has 0 bridgehead atoms. The first-order valence-electron chi connectivity index (χ1n) is 5.54. The van der Waals surface area contributed by atoms with Gasteiger partial charge in [-0.15, -0.1) is 0 Å². The Morgan fingerprint density at radius 1 is 1.13 bits per heavy atom. The van der Waals surface area contributed by atoms with Crippen molar-refractivity contribution in [2.45, 2.75) is 51.4 Å². The van der Waals surface area contributed by atoms with Crippen molar-refractivity contribution in [2.24, 2.45) is 5.84 Å². The number of nitrogens with one attached hydrogen (secondary N) is 1. The summed E-state index contributed by atoms with van der Waals surface area (Å²) in [5.41, 5.74) is 2.10. The van der Waals surface area contributed by atoms with Gasteiger partial charge in [-0.2, -0.15) is 0 Å². The van der Waals surface area contributed by atoms with Crippen molar-refractivity contribution < 1.29 is 21.9 Å². The first kappa shape index (κ1) is 14.9. The molecular formula is C11H20FeN2O. The van der Waals surface area contributed by atoms with E-state index in [1.807, 2.05) is 6.42 Å². The zero-order valence-electron chi connectivity index (χ0n) is 9.07. The van der Waals surface area contributed by atoms with Gasteiger partial charge < -0.3 is 0 Å². The molecule has 15 heavy (non-hydrogen) atoms. The SMILES string of the molecule is C1CCCC1.NNC(=O)[C]1[CH]CCC1.[Fe]. The summed E-state index contributed by atoms with van der Waals surface area (Å²) >= 11 is 0. The fourth-order valence-corrected chi connectivity index (χ4v) is 1.85. The number of carbonyl (C=O) groups is 1. The van der Waals surface area contributed by atoms with E-state index in [1.165, 1.54) is 32.1 Å². The van der Waals surface area contributed by atoms with Gasteiger partial charge in [0.15, 0.2) is 0 Å². The van der Waals surface area contributed by atoms with Gasteiger partial charge in [0.25, 0.3) is 0 Å². The van der Waals surface area contributed by atoms with Crippen LogP contribution >= 0.6 is 0 Å². The number of amides is 1. The molecule has 0 aromatic heterocycles. The maximum absolute atomic E-state index is 10.7. The van der Waals surface area contributed by atoms with Crippen molar-refractivity contribution in [1.29, 1.82) is 0 Å². The number of nitrogens with two attached hydrogens (primary N) is 1. The molecule has 2 rings (SSSR count). The molecule has 0 saturated heterocycles. The summed E-state index contributed by atoms with van der Waals surface area (Å²) in [6, 6.07) is 0. The molecule has 2 fully saturated rings. The second kappa shape index (κ2) is 9.20. The van der Waals surface area contributed by atoms with Crippen molar-refractivity contribution in [2.75, 3.05) is 0 Å². The molecule has 0 aromatic carbocycles. The first-order chi connectivity index (χ1) is 6.84.